The molecular formula is C27H26FN5O2. The van der Waals surface area contributed by atoms with E-state index in [2.05, 4.69) is 14.9 Å². The van der Waals surface area contributed by atoms with E-state index in [0.717, 1.165) is 16.5 Å². The first-order valence-corrected chi connectivity index (χ1v) is 11.6. The van der Waals surface area contributed by atoms with E-state index in [4.69, 9.17) is 10.5 Å². The third-order valence-electron chi connectivity index (χ3n) is 6.13. The summed E-state index contributed by atoms with van der Waals surface area (Å²) in [4.78, 5) is 26.4. The maximum atomic E-state index is 13.3. The fourth-order valence-corrected chi connectivity index (χ4v) is 4.21. The van der Waals surface area contributed by atoms with Crippen LogP contribution in [0.4, 0.5) is 10.2 Å². The number of para-hydroxylation sites is 2. The van der Waals surface area contributed by atoms with Gasteiger partial charge in [-0.25, -0.2) is 14.4 Å². The summed E-state index contributed by atoms with van der Waals surface area (Å²) in [5.74, 6) is 1.33. The second-order valence-electron chi connectivity index (χ2n) is 8.52. The molecule has 0 unspecified atom stereocenters. The first kappa shape index (κ1) is 22.7. The van der Waals surface area contributed by atoms with E-state index in [9.17, 15) is 9.18 Å². The predicted octanol–water partition coefficient (Wildman–Crippen LogP) is 3.89. The lowest BCUT2D eigenvalue weighted by molar-refractivity contribution is 0.0621. The quantitative estimate of drug-likeness (QED) is 0.459. The lowest BCUT2D eigenvalue weighted by atomic mass is 10.1. The number of nitrogens with zero attached hydrogens (tertiary/aromatic N) is 4. The van der Waals surface area contributed by atoms with Crippen LogP contribution >= 0.6 is 0 Å². The summed E-state index contributed by atoms with van der Waals surface area (Å²) in [6.45, 7) is 3.44. The Morgan fingerprint density at radius 2 is 1.63 bits per heavy atom. The maximum absolute atomic E-state index is 13.3. The molecule has 2 heterocycles. The Hall–Kier alpha value is -4.04. The number of aromatic nitrogens is 2. The standard InChI is InChI=1S/C27H26FN5O2/c28-20-11-9-19(10-12-20)18-35-24-8-4-2-6-22(24)27(34)33-15-13-32(14-16-33)17-25-30-23-7-3-1-5-21(23)26(29)31-25/h1-12H,13-18H2,(H2,29,30,31). The van der Waals surface area contributed by atoms with Gasteiger partial charge in [0.1, 0.15) is 29.8 Å². The highest BCUT2D eigenvalue weighted by Gasteiger charge is 2.25. The predicted molar refractivity (Wildman–Crippen MR) is 132 cm³/mol. The Labute approximate surface area is 203 Å². The van der Waals surface area contributed by atoms with Crippen LogP contribution in [0.3, 0.4) is 0 Å². The molecule has 0 aliphatic carbocycles. The van der Waals surface area contributed by atoms with Gasteiger partial charge in [0.05, 0.1) is 17.6 Å². The Balaban J connectivity index is 1.21. The van der Waals surface area contributed by atoms with Gasteiger partial charge >= 0.3 is 0 Å². The highest BCUT2D eigenvalue weighted by molar-refractivity contribution is 5.97. The van der Waals surface area contributed by atoms with Gasteiger partial charge in [-0.15, -0.1) is 0 Å². The Morgan fingerprint density at radius 3 is 2.43 bits per heavy atom. The number of hydrogen-bond donors (Lipinski definition) is 1. The smallest absolute Gasteiger partial charge is 0.257 e. The summed E-state index contributed by atoms with van der Waals surface area (Å²) < 4.78 is 19.1. The van der Waals surface area contributed by atoms with Gasteiger partial charge in [-0.3, -0.25) is 9.69 Å². The number of anilines is 1. The van der Waals surface area contributed by atoms with Crippen molar-refractivity contribution in [2.24, 2.45) is 0 Å². The van der Waals surface area contributed by atoms with Gasteiger partial charge in [0.2, 0.25) is 0 Å². The zero-order chi connectivity index (χ0) is 24.2. The minimum absolute atomic E-state index is 0.0643. The van der Waals surface area contributed by atoms with Crippen LogP contribution in [0.1, 0.15) is 21.7 Å². The van der Waals surface area contributed by atoms with Crippen LogP contribution in [0.25, 0.3) is 10.9 Å². The molecule has 8 heteroatoms. The lowest BCUT2D eigenvalue weighted by Gasteiger charge is -2.34. The number of benzene rings is 3. The zero-order valence-electron chi connectivity index (χ0n) is 19.2. The second-order valence-corrected chi connectivity index (χ2v) is 8.52. The molecule has 0 radical (unpaired) electrons. The zero-order valence-corrected chi connectivity index (χ0v) is 19.2. The topological polar surface area (TPSA) is 84.6 Å². The number of halogens is 1. The summed E-state index contributed by atoms with van der Waals surface area (Å²) in [7, 11) is 0. The van der Waals surface area contributed by atoms with E-state index in [1.807, 2.05) is 41.3 Å². The summed E-state index contributed by atoms with van der Waals surface area (Å²) in [5.41, 5.74) is 8.31. The highest BCUT2D eigenvalue weighted by Crippen LogP contribution is 2.23. The number of carbonyl (C=O) groups is 1. The second kappa shape index (κ2) is 10.1. The van der Waals surface area contributed by atoms with E-state index in [0.29, 0.717) is 55.7 Å². The molecule has 7 nitrogen and oxygen atoms in total. The monoisotopic (exact) mass is 471 g/mol. The average Bonchev–Trinajstić information content (AvgIpc) is 2.89. The molecule has 5 rings (SSSR count). The molecule has 1 aliphatic rings. The number of nitrogen functional groups attached to an aromatic ring is 1. The summed E-state index contributed by atoms with van der Waals surface area (Å²) in [6, 6.07) is 21.1. The molecule has 1 aromatic heterocycles. The van der Waals surface area contributed by atoms with Gasteiger partial charge in [-0.1, -0.05) is 36.4 Å². The van der Waals surface area contributed by atoms with Gasteiger partial charge in [0.15, 0.2) is 0 Å². The van der Waals surface area contributed by atoms with Crippen LogP contribution in [-0.4, -0.2) is 51.9 Å². The maximum Gasteiger partial charge on any atom is 0.257 e. The lowest BCUT2D eigenvalue weighted by Crippen LogP contribution is -2.48. The molecule has 0 bridgehead atoms. The molecule has 1 aliphatic heterocycles. The first-order chi connectivity index (χ1) is 17.1. The van der Waals surface area contributed by atoms with Crippen molar-refractivity contribution in [2.75, 3.05) is 31.9 Å². The molecule has 1 fully saturated rings. The molecule has 0 spiro atoms. The number of ether oxygens (including phenoxy) is 1. The molecular weight excluding hydrogens is 445 g/mol. The SMILES string of the molecule is Nc1nc(CN2CCN(C(=O)c3ccccc3OCc3ccc(F)cc3)CC2)nc2ccccc12. The van der Waals surface area contributed by atoms with Crippen molar-refractivity contribution >= 4 is 22.6 Å². The van der Waals surface area contributed by atoms with Gasteiger partial charge in [0.25, 0.3) is 5.91 Å². The third-order valence-corrected chi connectivity index (χ3v) is 6.13. The molecule has 3 aromatic carbocycles. The van der Waals surface area contributed by atoms with Crippen molar-refractivity contribution in [3.8, 4) is 5.75 Å². The van der Waals surface area contributed by atoms with E-state index < -0.39 is 0 Å². The summed E-state index contributed by atoms with van der Waals surface area (Å²) >= 11 is 0. The molecule has 4 aromatic rings. The van der Waals surface area contributed by atoms with Crippen LogP contribution in [0.15, 0.2) is 72.8 Å². The van der Waals surface area contributed by atoms with E-state index >= 15 is 0 Å². The number of amides is 1. The van der Waals surface area contributed by atoms with Crippen molar-refractivity contribution in [1.82, 2.24) is 19.8 Å². The van der Waals surface area contributed by atoms with Gasteiger partial charge in [0, 0.05) is 31.6 Å². The Morgan fingerprint density at radius 1 is 0.914 bits per heavy atom. The van der Waals surface area contributed by atoms with Gasteiger partial charge < -0.3 is 15.4 Å². The Bertz CT molecular complexity index is 1340. The van der Waals surface area contributed by atoms with Gasteiger partial charge in [-0.05, 0) is 42.0 Å². The van der Waals surface area contributed by atoms with Crippen LogP contribution in [0.2, 0.25) is 0 Å². The Kier molecular flexibility index (Phi) is 6.54. The summed E-state index contributed by atoms with van der Waals surface area (Å²) in [5, 5.41) is 0.854. The minimum atomic E-state index is -0.292. The normalized spacial score (nSPS) is 14.3. The van der Waals surface area contributed by atoms with Crippen molar-refractivity contribution < 1.29 is 13.9 Å². The molecule has 0 saturated carbocycles. The largest absolute Gasteiger partial charge is 0.488 e. The highest BCUT2D eigenvalue weighted by atomic mass is 19.1. The molecule has 178 valence electrons. The fraction of sp³-hybridized carbons (Fsp3) is 0.222. The number of fused-ring (bicyclic) bond motifs is 1. The minimum Gasteiger partial charge on any atom is -0.488 e. The number of hydrogen-bond acceptors (Lipinski definition) is 6. The number of carbonyl (C=O) groups excluding carboxylic acids is 1. The fourth-order valence-electron chi connectivity index (χ4n) is 4.21. The third kappa shape index (κ3) is 5.22. The van der Waals surface area contributed by atoms with Crippen molar-refractivity contribution in [2.45, 2.75) is 13.2 Å². The van der Waals surface area contributed by atoms with Crippen molar-refractivity contribution in [3.63, 3.8) is 0 Å². The number of piperazine rings is 1. The molecule has 0 atom stereocenters. The molecule has 1 amide bonds. The average molecular weight is 472 g/mol. The molecule has 35 heavy (non-hydrogen) atoms. The van der Waals surface area contributed by atoms with Crippen LogP contribution in [0, 0.1) is 5.82 Å². The first-order valence-electron chi connectivity index (χ1n) is 11.6. The van der Waals surface area contributed by atoms with E-state index in [1.165, 1.54) is 12.1 Å². The van der Waals surface area contributed by atoms with Crippen molar-refractivity contribution in [3.05, 3.63) is 95.6 Å². The number of rotatable bonds is 6. The molecule has 1 saturated heterocycles. The van der Waals surface area contributed by atoms with Crippen LogP contribution in [-0.2, 0) is 13.2 Å². The van der Waals surface area contributed by atoms with Crippen LogP contribution < -0.4 is 10.5 Å². The van der Waals surface area contributed by atoms with Crippen LogP contribution in [0.5, 0.6) is 5.75 Å². The van der Waals surface area contributed by atoms with Gasteiger partial charge in [-0.2, -0.15) is 0 Å². The summed E-state index contributed by atoms with van der Waals surface area (Å²) in [6.07, 6.45) is 0. The number of nitrogens with two attached hydrogens (primary N) is 1. The van der Waals surface area contributed by atoms with E-state index in [-0.39, 0.29) is 18.3 Å². The molecule has 2 N–H and O–H groups in total. The van der Waals surface area contributed by atoms with Crippen molar-refractivity contribution in [1.29, 1.82) is 0 Å². The van der Waals surface area contributed by atoms with E-state index in [1.54, 1.807) is 24.3 Å².